The summed E-state index contributed by atoms with van der Waals surface area (Å²) < 4.78 is 379. The number of hydrogen-bond donors (Lipinski definition) is 0. The van der Waals surface area contributed by atoms with Crippen LogP contribution in [0.25, 0.3) is 0 Å². The van der Waals surface area contributed by atoms with Crippen LogP contribution in [0, 0.1) is 0 Å². The standard InChI is InChI=1S/2C18H15S.C8HF17O3S.C4HF9O3S/c2*1-4-10-16(11-5-1)19(17-12-6-2-7-13-17)18-14-8-3-9-15-18;9-1(10,3(13,14)5(17,18)7(21,22)23)2(11,12)4(15,16)6(19,20)8(24,25)29(26,27)28;5-1(6,3(9,10)11)2(7,8)4(12,13)17(14,15)16/h2*1-15H;(H,26,27,28);(H,14,15,16)/q2*+1;;/p-2. The molecule has 0 atom stereocenters. The van der Waals surface area contributed by atoms with Crippen LogP contribution in [0.3, 0.4) is 0 Å². The van der Waals surface area contributed by atoms with Gasteiger partial charge in [0.1, 0.15) is 0 Å². The second-order valence-electron chi connectivity index (χ2n) is 16.0. The van der Waals surface area contributed by atoms with Gasteiger partial charge in [0.05, 0.1) is 21.8 Å². The first-order valence-corrected chi connectivity index (χ1v) is 26.8. The van der Waals surface area contributed by atoms with Gasteiger partial charge >= 0.3 is 70.2 Å². The SMILES string of the molecule is O=S(=O)([O-])C(F)(F)C(F)(F)C(F)(F)C(F)(F)C(F)(F)C(F)(F)C(F)(F)C(F)(F)F.O=S(=O)([O-])C(F)(F)C(F)(F)C(F)(F)C(F)(F)F.c1ccc([S+](c2ccccc2)c2ccccc2)cc1.c1ccc([S+](c2ccccc2)c2ccccc2)cc1. The van der Waals surface area contributed by atoms with Crippen molar-refractivity contribution in [1.29, 1.82) is 0 Å². The highest BCUT2D eigenvalue weighted by Gasteiger charge is 2.96. The van der Waals surface area contributed by atoms with Crippen molar-refractivity contribution in [2.75, 3.05) is 0 Å². The summed E-state index contributed by atoms with van der Waals surface area (Å²) >= 11 is 0. The Hall–Kier alpha value is -5.98. The molecule has 84 heavy (non-hydrogen) atoms. The van der Waals surface area contributed by atoms with E-state index in [0.717, 1.165) is 0 Å². The lowest BCUT2D eigenvalue weighted by Gasteiger charge is -2.42. The largest absolute Gasteiger partial charge is 0.743 e. The minimum Gasteiger partial charge on any atom is -0.743 e. The Kier molecular flexibility index (Phi) is 22.0. The molecule has 464 valence electrons. The number of benzene rings is 6. The van der Waals surface area contributed by atoms with Crippen LogP contribution in [0.5, 0.6) is 0 Å². The molecule has 0 radical (unpaired) electrons. The van der Waals surface area contributed by atoms with Crippen LogP contribution in [0.1, 0.15) is 0 Å². The fourth-order valence-electron chi connectivity index (χ4n) is 5.98. The lowest BCUT2D eigenvalue weighted by Crippen LogP contribution is -2.75. The number of rotatable bonds is 16. The van der Waals surface area contributed by atoms with Crippen LogP contribution in [0.4, 0.5) is 114 Å². The van der Waals surface area contributed by atoms with Gasteiger partial charge in [0, 0.05) is 0 Å². The zero-order valence-electron chi connectivity index (χ0n) is 40.2. The summed E-state index contributed by atoms with van der Waals surface area (Å²) in [6, 6.07) is 64.3. The predicted octanol–water partition coefficient (Wildman–Crippen LogP) is 16.0. The summed E-state index contributed by atoms with van der Waals surface area (Å²) in [5.41, 5.74) is 0. The van der Waals surface area contributed by atoms with E-state index in [4.69, 9.17) is 0 Å². The van der Waals surface area contributed by atoms with E-state index in [2.05, 4.69) is 182 Å². The highest BCUT2D eigenvalue weighted by Crippen LogP contribution is 2.64. The minimum absolute atomic E-state index is 0.0146. The Balaban J connectivity index is 0.000000300. The average molecular weight is 1320 g/mol. The molecule has 0 aliphatic carbocycles. The zero-order chi connectivity index (χ0) is 64.8. The van der Waals surface area contributed by atoms with Gasteiger partial charge in [0.15, 0.2) is 49.6 Å². The van der Waals surface area contributed by atoms with E-state index in [0.29, 0.717) is 0 Å². The van der Waals surface area contributed by atoms with Crippen molar-refractivity contribution < 1.29 is 140 Å². The smallest absolute Gasteiger partial charge is 0.460 e. The average Bonchev–Trinajstić information content (AvgIpc) is 3.39. The molecule has 0 aliphatic heterocycles. The highest BCUT2D eigenvalue weighted by molar-refractivity contribution is 7.97. The van der Waals surface area contributed by atoms with Crippen molar-refractivity contribution in [1.82, 2.24) is 0 Å². The third-order valence-electron chi connectivity index (χ3n) is 10.3. The normalized spacial score (nSPS) is 13.9. The maximum Gasteiger partial charge on any atom is 0.460 e. The summed E-state index contributed by atoms with van der Waals surface area (Å²) in [4.78, 5) is 8.17. The van der Waals surface area contributed by atoms with Crippen LogP contribution in [0.2, 0.25) is 0 Å². The predicted molar refractivity (Wildman–Crippen MR) is 244 cm³/mol. The number of hydrogen-bond acceptors (Lipinski definition) is 6. The van der Waals surface area contributed by atoms with Crippen LogP contribution in [0.15, 0.2) is 211 Å². The van der Waals surface area contributed by atoms with Crippen LogP contribution < -0.4 is 0 Å². The maximum absolute atomic E-state index is 13.0. The molecule has 0 aliphatic rings. The Bertz CT molecular complexity index is 2970. The molecule has 6 aromatic rings. The van der Waals surface area contributed by atoms with E-state index in [1.165, 1.54) is 29.4 Å². The molecular weight excluding hydrogens is 1290 g/mol. The fraction of sp³-hybridized carbons (Fsp3) is 0.250. The Morgan fingerprint density at radius 3 is 0.512 bits per heavy atom. The van der Waals surface area contributed by atoms with Gasteiger partial charge < -0.3 is 9.11 Å². The molecule has 36 heteroatoms. The lowest BCUT2D eigenvalue weighted by atomic mass is 9.91. The van der Waals surface area contributed by atoms with E-state index in [9.17, 15) is 140 Å². The van der Waals surface area contributed by atoms with Gasteiger partial charge in [-0.1, -0.05) is 109 Å². The first kappa shape index (κ1) is 72.3. The molecule has 6 nitrogen and oxygen atoms in total. The molecule has 0 aromatic heterocycles. The number of halogens is 26. The Morgan fingerprint density at radius 2 is 0.357 bits per heavy atom. The van der Waals surface area contributed by atoms with Gasteiger partial charge in [0.25, 0.3) is 0 Å². The summed E-state index contributed by atoms with van der Waals surface area (Å²) in [5, 5.41) is -15.1. The lowest BCUT2D eigenvalue weighted by molar-refractivity contribution is -0.458. The first-order valence-electron chi connectivity index (χ1n) is 21.5. The molecule has 0 unspecified atom stereocenters. The van der Waals surface area contributed by atoms with Gasteiger partial charge in [-0.2, -0.15) is 114 Å². The second kappa shape index (κ2) is 25.5. The molecule has 0 amide bonds. The molecule has 0 fully saturated rings. The summed E-state index contributed by atoms with van der Waals surface area (Å²) in [6.07, 6.45) is -15.1. The maximum atomic E-state index is 13.0. The molecule has 0 saturated heterocycles. The van der Waals surface area contributed by atoms with Crippen molar-refractivity contribution in [3.05, 3.63) is 182 Å². The van der Waals surface area contributed by atoms with Gasteiger partial charge in [-0.25, -0.2) is 16.8 Å². The van der Waals surface area contributed by atoms with E-state index in [1.807, 2.05) is 0 Å². The fourth-order valence-corrected chi connectivity index (χ4v) is 11.1. The van der Waals surface area contributed by atoms with Crippen molar-refractivity contribution in [2.45, 2.75) is 99.6 Å². The van der Waals surface area contributed by atoms with Gasteiger partial charge in [0.2, 0.25) is 0 Å². The Morgan fingerprint density at radius 1 is 0.226 bits per heavy atom. The third kappa shape index (κ3) is 14.1. The quantitative estimate of drug-likeness (QED) is 0.0542. The van der Waals surface area contributed by atoms with Gasteiger partial charge in [-0.3, -0.25) is 0 Å². The topological polar surface area (TPSA) is 114 Å². The molecule has 0 bridgehead atoms. The van der Waals surface area contributed by atoms with Crippen molar-refractivity contribution >= 4 is 42.0 Å². The molecule has 6 rings (SSSR count). The van der Waals surface area contributed by atoms with E-state index < -0.39 is 90.5 Å². The van der Waals surface area contributed by atoms with Crippen LogP contribution >= 0.6 is 0 Å². The van der Waals surface area contributed by atoms with Crippen LogP contribution in [-0.2, 0) is 42.0 Å². The molecule has 0 saturated carbocycles. The molecule has 6 aromatic carbocycles. The van der Waals surface area contributed by atoms with Gasteiger partial charge in [-0.05, 0) is 72.8 Å². The van der Waals surface area contributed by atoms with Crippen molar-refractivity contribution in [2.24, 2.45) is 0 Å². The summed E-state index contributed by atoms with van der Waals surface area (Å²) in [7, 11) is -15.6. The summed E-state index contributed by atoms with van der Waals surface area (Å²) in [5.74, 6) is -67.0. The zero-order valence-corrected chi connectivity index (χ0v) is 43.5. The third-order valence-corrected chi connectivity index (χ3v) is 16.5. The molecular formula is C48H30F26O6S4. The molecule has 0 heterocycles. The van der Waals surface area contributed by atoms with E-state index in [-0.39, 0.29) is 21.8 Å². The highest BCUT2D eigenvalue weighted by atomic mass is 32.2. The second-order valence-corrected chi connectivity index (χ2v) is 22.9. The van der Waals surface area contributed by atoms with Crippen molar-refractivity contribution in [3.63, 3.8) is 0 Å². The molecule has 0 N–H and O–H groups in total. The number of alkyl halides is 26. The summed E-state index contributed by atoms with van der Waals surface area (Å²) in [6.45, 7) is 0. The van der Waals surface area contributed by atoms with Crippen LogP contribution in [-0.4, -0.2) is 96.2 Å². The van der Waals surface area contributed by atoms with E-state index >= 15 is 0 Å². The van der Waals surface area contributed by atoms with Gasteiger partial charge in [-0.15, -0.1) is 0 Å². The first-order chi connectivity index (χ1) is 37.9. The Labute approximate surface area is 462 Å². The molecule has 0 spiro atoms. The monoisotopic (exact) mass is 1320 g/mol. The minimum atomic E-state index is -8.92. The van der Waals surface area contributed by atoms with E-state index in [1.54, 1.807) is 0 Å². The van der Waals surface area contributed by atoms with Crippen molar-refractivity contribution in [3.8, 4) is 0 Å².